The molecule has 0 radical (unpaired) electrons. The van der Waals surface area contributed by atoms with Crippen LogP contribution >= 0.6 is 0 Å². The summed E-state index contributed by atoms with van der Waals surface area (Å²) >= 11 is 0. The largest absolute Gasteiger partial charge is 0.352 e. The quantitative estimate of drug-likeness (QED) is 0.795. The highest BCUT2D eigenvalue weighted by atomic mass is 16.2. The zero-order valence-corrected chi connectivity index (χ0v) is 14.6. The molecule has 24 heavy (non-hydrogen) atoms. The zero-order valence-electron chi connectivity index (χ0n) is 14.6. The molecule has 1 saturated carbocycles. The maximum absolute atomic E-state index is 13.1. The molecule has 0 aromatic heterocycles. The van der Waals surface area contributed by atoms with Crippen molar-refractivity contribution in [1.29, 1.82) is 0 Å². The van der Waals surface area contributed by atoms with Gasteiger partial charge in [-0.2, -0.15) is 0 Å². The first-order valence-electron chi connectivity index (χ1n) is 8.98. The van der Waals surface area contributed by atoms with Crippen LogP contribution in [0.3, 0.4) is 0 Å². The van der Waals surface area contributed by atoms with Gasteiger partial charge in [0.05, 0.1) is 5.41 Å². The molecule has 3 rings (SSSR count). The van der Waals surface area contributed by atoms with E-state index in [1.165, 1.54) is 6.42 Å². The van der Waals surface area contributed by atoms with Gasteiger partial charge in [-0.25, -0.2) is 0 Å². The summed E-state index contributed by atoms with van der Waals surface area (Å²) in [6, 6.07) is 5.48. The van der Waals surface area contributed by atoms with Gasteiger partial charge in [-0.15, -0.1) is 0 Å². The van der Waals surface area contributed by atoms with Crippen molar-refractivity contribution >= 4 is 17.5 Å². The Balaban J connectivity index is 1.81. The summed E-state index contributed by atoms with van der Waals surface area (Å²) in [7, 11) is 0. The molecule has 1 saturated heterocycles. The maximum Gasteiger partial charge on any atom is 0.251 e. The van der Waals surface area contributed by atoms with E-state index >= 15 is 0 Å². The summed E-state index contributed by atoms with van der Waals surface area (Å²) < 4.78 is 0. The number of anilines is 1. The molecule has 0 unspecified atom stereocenters. The van der Waals surface area contributed by atoms with E-state index in [1.807, 2.05) is 19.9 Å². The topological polar surface area (TPSA) is 70.2 Å². The summed E-state index contributed by atoms with van der Waals surface area (Å²) in [5, 5.41) is 9.33. The van der Waals surface area contributed by atoms with Crippen LogP contribution in [-0.2, 0) is 4.79 Å². The molecular formula is C19H27N3O2. The van der Waals surface area contributed by atoms with Crippen molar-refractivity contribution in [3.63, 3.8) is 0 Å². The summed E-state index contributed by atoms with van der Waals surface area (Å²) in [6.45, 7) is 6.14. The standard InChI is InChI=1S/C19H27N3O2/c1-3-21-17(23)14-8-7-13(2)16(10-14)22-18(24)19-9-5-4-6-15(19)11-20-12-19/h7-8,10,15,20H,3-6,9,11-12H2,1-2H3,(H,21,23)(H,22,24)/t15-,19+/m0/s1. The van der Waals surface area contributed by atoms with Crippen molar-refractivity contribution in [3.8, 4) is 0 Å². The van der Waals surface area contributed by atoms with Crippen LogP contribution < -0.4 is 16.0 Å². The molecule has 130 valence electrons. The number of fused-ring (bicyclic) bond motifs is 1. The summed E-state index contributed by atoms with van der Waals surface area (Å²) in [5.74, 6) is 0.427. The van der Waals surface area contributed by atoms with Crippen molar-refractivity contribution in [1.82, 2.24) is 10.6 Å². The van der Waals surface area contributed by atoms with Crippen LogP contribution in [0.2, 0.25) is 0 Å². The number of carbonyl (C=O) groups excluding carboxylic acids is 2. The molecule has 1 heterocycles. The monoisotopic (exact) mass is 329 g/mol. The maximum atomic E-state index is 13.1. The van der Waals surface area contributed by atoms with Gasteiger partial charge in [0.15, 0.2) is 0 Å². The molecule has 1 aliphatic heterocycles. The third-order valence-corrected chi connectivity index (χ3v) is 5.58. The van der Waals surface area contributed by atoms with Crippen LogP contribution in [0.25, 0.3) is 0 Å². The molecule has 2 atom stereocenters. The first-order chi connectivity index (χ1) is 11.6. The summed E-state index contributed by atoms with van der Waals surface area (Å²) in [6.07, 6.45) is 4.40. The molecule has 2 fully saturated rings. The van der Waals surface area contributed by atoms with Gasteiger partial charge < -0.3 is 16.0 Å². The van der Waals surface area contributed by atoms with Crippen molar-refractivity contribution in [2.24, 2.45) is 11.3 Å². The molecule has 5 nitrogen and oxygen atoms in total. The predicted molar refractivity (Wildman–Crippen MR) is 95.1 cm³/mol. The van der Waals surface area contributed by atoms with Gasteiger partial charge in [0.2, 0.25) is 5.91 Å². The summed E-state index contributed by atoms with van der Waals surface area (Å²) in [5.41, 5.74) is 2.02. The normalized spacial score (nSPS) is 25.8. The molecule has 2 amide bonds. The molecule has 5 heteroatoms. The SMILES string of the molecule is CCNC(=O)c1ccc(C)c(NC(=O)[C@@]23CCCC[C@H]2CNC3)c1. The smallest absolute Gasteiger partial charge is 0.251 e. The van der Waals surface area contributed by atoms with E-state index in [2.05, 4.69) is 16.0 Å². The van der Waals surface area contributed by atoms with E-state index in [1.54, 1.807) is 12.1 Å². The number of hydrogen-bond donors (Lipinski definition) is 3. The number of benzene rings is 1. The van der Waals surface area contributed by atoms with Crippen molar-refractivity contribution in [2.45, 2.75) is 39.5 Å². The fourth-order valence-electron chi connectivity index (χ4n) is 4.10. The second-order valence-corrected chi connectivity index (χ2v) is 7.07. The highest BCUT2D eigenvalue weighted by Gasteiger charge is 2.49. The van der Waals surface area contributed by atoms with Gasteiger partial charge >= 0.3 is 0 Å². The van der Waals surface area contributed by atoms with Crippen molar-refractivity contribution in [3.05, 3.63) is 29.3 Å². The number of amides is 2. The van der Waals surface area contributed by atoms with E-state index in [9.17, 15) is 9.59 Å². The Hall–Kier alpha value is -1.88. The lowest BCUT2D eigenvalue weighted by Crippen LogP contribution is -2.44. The number of rotatable bonds is 4. The lowest BCUT2D eigenvalue weighted by atomic mass is 9.67. The lowest BCUT2D eigenvalue weighted by molar-refractivity contribution is -0.128. The molecule has 1 aromatic carbocycles. The van der Waals surface area contributed by atoms with Crippen molar-refractivity contribution < 1.29 is 9.59 Å². The highest BCUT2D eigenvalue weighted by Crippen LogP contribution is 2.44. The number of aryl methyl sites for hydroxylation is 1. The molecule has 2 aliphatic rings. The van der Waals surface area contributed by atoms with Crippen LogP contribution in [0.1, 0.15) is 48.5 Å². The Bertz CT molecular complexity index is 643. The number of nitrogens with one attached hydrogen (secondary N) is 3. The van der Waals surface area contributed by atoms with E-state index in [0.29, 0.717) is 18.0 Å². The van der Waals surface area contributed by atoms with Crippen LogP contribution in [0, 0.1) is 18.3 Å². The fraction of sp³-hybridized carbons (Fsp3) is 0.579. The van der Waals surface area contributed by atoms with E-state index < -0.39 is 0 Å². The Morgan fingerprint density at radius 1 is 1.33 bits per heavy atom. The van der Waals surface area contributed by atoms with Crippen LogP contribution in [-0.4, -0.2) is 31.4 Å². The Labute approximate surface area is 143 Å². The first kappa shape index (κ1) is 17.0. The summed E-state index contributed by atoms with van der Waals surface area (Å²) in [4.78, 5) is 25.1. The van der Waals surface area contributed by atoms with Gasteiger partial charge in [0.25, 0.3) is 5.91 Å². The fourth-order valence-corrected chi connectivity index (χ4v) is 4.10. The van der Waals surface area contributed by atoms with Crippen LogP contribution in [0.5, 0.6) is 0 Å². The number of hydrogen-bond acceptors (Lipinski definition) is 3. The highest BCUT2D eigenvalue weighted by molar-refractivity contribution is 5.99. The van der Waals surface area contributed by atoms with Gasteiger partial charge in [0, 0.05) is 24.3 Å². The second-order valence-electron chi connectivity index (χ2n) is 7.07. The van der Waals surface area contributed by atoms with E-state index in [-0.39, 0.29) is 17.2 Å². The lowest BCUT2D eigenvalue weighted by Gasteiger charge is -2.37. The Kier molecular flexibility index (Phi) is 4.90. The molecule has 1 aromatic rings. The van der Waals surface area contributed by atoms with E-state index in [0.717, 1.165) is 43.6 Å². The minimum Gasteiger partial charge on any atom is -0.352 e. The molecule has 0 bridgehead atoms. The van der Waals surface area contributed by atoms with Gasteiger partial charge in [-0.05, 0) is 56.8 Å². The minimum atomic E-state index is -0.285. The Morgan fingerprint density at radius 3 is 2.96 bits per heavy atom. The van der Waals surface area contributed by atoms with Gasteiger partial charge in [0.1, 0.15) is 0 Å². The minimum absolute atomic E-state index is 0.105. The molecule has 1 aliphatic carbocycles. The van der Waals surface area contributed by atoms with Crippen LogP contribution in [0.15, 0.2) is 18.2 Å². The molecule has 0 spiro atoms. The molecular weight excluding hydrogens is 302 g/mol. The first-order valence-corrected chi connectivity index (χ1v) is 8.98. The second kappa shape index (κ2) is 6.93. The Morgan fingerprint density at radius 2 is 2.17 bits per heavy atom. The van der Waals surface area contributed by atoms with Crippen LogP contribution in [0.4, 0.5) is 5.69 Å². The average Bonchev–Trinajstić information content (AvgIpc) is 3.02. The third kappa shape index (κ3) is 3.05. The van der Waals surface area contributed by atoms with Crippen molar-refractivity contribution in [2.75, 3.05) is 25.0 Å². The number of carbonyl (C=O) groups is 2. The third-order valence-electron chi connectivity index (χ3n) is 5.58. The van der Waals surface area contributed by atoms with Gasteiger partial charge in [-0.1, -0.05) is 18.9 Å². The zero-order chi connectivity index (χ0) is 17.2. The van der Waals surface area contributed by atoms with E-state index in [4.69, 9.17) is 0 Å². The van der Waals surface area contributed by atoms with Gasteiger partial charge in [-0.3, -0.25) is 9.59 Å². The predicted octanol–water partition coefficient (Wildman–Crippen LogP) is 2.46. The molecule has 3 N–H and O–H groups in total. The average molecular weight is 329 g/mol.